The van der Waals surface area contributed by atoms with Crippen LogP contribution in [0.1, 0.15) is 11.1 Å². The number of carbonyl (C=O) groups excluding carboxylic acids is 1. The molecule has 33 heavy (non-hydrogen) atoms. The molecule has 10 heteroatoms. The first-order valence-corrected chi connectivity index (χ1v) is 12.1. The van der Waals surface area contributed by atoms with E-state index < -0.39 is 11.2 Å². The fraction of sp³-hybridized carbons (Fsp3) is 0.217. The Hall–Kier alpha value is -3.37. The molecule has 0 fully saturated rings. The Morgan fingerprint density at radius 1 is 1.15 bits per heavy atom. The molecule has 0 atom stereocenters. The number of amides is 1. The number of aromatic nitrogens is 3. The van der Waals surface area contributed by atoms with E-state index in [0.717, 1.165) is 15.7 Å². The maximum atomic E-state index is 13.5. The van der Waals surface area contributed by atoms with Gasteiger partial charge in [-0.25, -0.2) is 14.3 Å². The van der Waals surface area contributed by atoms with Gasteiger partial charge in [-0.1, -0.05) is 53.7 Å². The molecule has 170 valence electrons. The van der Waals surface area contributed by atoms with Gasteiger partial charge in [-0.3, -0.25) is 14.2 Å². The quantitative estimate of drug-likeness (QED) is 0.407. The first-order valence-electron chi connectivity index (χ1n) is 10.1. The Kier molecular flexibility index (Phi) is 6.66. The van der Waals surface area contributed by atoms with E-state index in [1.165, 1.54) is 34.8 Å². The molecule has 2 heterocycles. The number of carbonyl (C=O) groups is 1. The van der Waals surface area contributed by atoms with E-state index in [-0.39, 0.29) is 18.1 Å². The summed E-state index contributed by atoms with van der Waals surface area (Å²) in [5, 5.41) is 2.84. The second-order valence-electron chi connectivity index (χ2n) is 7.28. The van der Waals surface area contributed by atoms with Gasteiger partial charge in [0.2, 0.25) is 5.91 Å². The first-order chi connectivity index (χ1) is 15.9. The summed E-state index contributed by atoms with van der Waals surface area (Å²) in [7, 11) is 1.47. The number of methoxy groups -OCH3 is 1. The minimum atomic E-state index is -0.652. The molecule has 0 radical (unpaired) electrons. The van der Waals surface area contributed by atoms with Crippen molar-refractivity contribution in [2.45, 2.75) is 24.4 Å². The van der Waals surface area contributed by atoms with Crippen LogP contribution in [0.4, 0.5) is 0 Å². The van der Waals surface area contributed by atoms with Gasteiger partial charge in [-0.05, 0) is 30.9 Å². The van der Waals surface area contributed by atoms with Gasteiger partial charge in [-0.15, -0.1) is 11.3 Å². The fourth-order valence-electron chi connectivity index (χ4n) is 3.38. The number of benzene rings is 2. The molecule has 0 unspecified atom stereocenters. The minimum absolute atomic E-state index is 0.205. The van der Waals surface area contributed by atoms with Crippen LogP contribution in [0.15, 0.2) is 62.5 Å². The Morgan fingerprint density at radius 3 is 2.58 bits per heavy atom. The minimum Gasteiger partial charge on any atom is -0.495 e. The number of nitrogens with one attached hydrogen (secondary N) is 1. The highest BCUT2D eigenvalue weighted by molar-refractivity contribution is 8.00. The summed E-state index contributed by atoms with van der Waals surface area (Å²) in [6.07, 6.45) is 1.84. The summed E-state index contributed by atoms with van der Waals surface area (Å²) < 4.78 is 8.57. The molecule has 4 aromatic rings. The van der Waals surface area contributed by atoms with Gasteiger partial charge >= 0.3 is 5.69 Å². The number of hydrogen-bond acceptors (Lipinski definition) is 7. The second-order valence-corrected chi connectivity index (χ2v) is 9.33. The lowest BCUT2D eigenvalue weighted by Crippen LogP contribution is -2.41. The van der Waals surface area contributed by atoms with E-state index in [2.05, 4.69) is 10.3 Å². The maximum absolute atomic E-state index is 13.5. The monoisotopic (exact) mass is 482 g/mol. The zero-order valence-corrected chi connectivity index (χ0v) is 20.0. The van der Waals surface area contributed by atoms with Crippen LogP contribution < -0.4 is 21.3 Å². The number of thiazole rings is 1. The van der Waals surface area contributed by atoms with Crippen molar-refractivity contribution >= 4 is 39.4 Å². The van der Waals surface area contributed by atoms with Crippen LogP contribution in [0, 0.1) is 6.92 Å². The molecular formula is C23H22N4O4S2. The van der Waals surface area contributed by atoms with Crippen molar-refractivity contribution in [2.24, 2.45) is 0 Å². The van der Waals surface area contributed by atoms with Gasteiger partial charge in [-0.2, -0.15) is 0 Å². The number of ether oxygens (including phenoxy) is 1. The summed E-state index contributed by atoms with van der Waals surface area (Å²) in [5.74, 6) is 0.0175. The van der Waals surface area contributed by atoms with Gasteiger partial charge in [0.1, 0.15) is 17.0 Å². The molecule has 4 rings (SSSR count). The van der Waals surface area contributed by atoms with Crippen molar-refractivity contribution in [1.82, 2.24) is 19.4 Å². The predicted molar refractivity (Wildman–Crippen MR) is 131 cm³/mol. The van der Waals surface area contributed by atoms with Crippen LogP contribution in [0.5, 0.6) is 5.75 Å². The van der Waals surface area contributed by atoms with Crippen molar-refractivity contribution < 1.29 is 9.53 Å². The summed E-state index contributed by atoms with van der Waals surface area (Å²) in [6, 6.07) is 14.6. The van der Waals surface area contributed by atoms with E-state index in [0.29, 0.717) is 27.0 Å². The second kappa shape index (κ2) is 9.63. The number of hydrogen-bond donors (Lipinski definition) is 1. The molecule has 1 N–H and O–H groups in total. The average molecular weight is 483 g/mol. The van der Waals surface area contributed by atoms with E-state index in [1.54, 1.807) is 24.3 Å². The van der Waals surface area contributed by atoms with Crippen LogP contribution in [0.25, 0.3) is 16.0 Å². The number of thioether (sulfide) groups is 1. The lowest BCUT2D eigenvalue weighted by Gasteiger charge is -2.13. The van der Waals surface area contributed by atoms with Crippen molar-refractivity contribution in [1.29, 1.82) is 0 Å². The lowest BCUT2D eigenvalue weighted by molar-refractivity contribution is -0.121. The third-order valence-electron chi connectivity index (χ3n) is 5.08. The summed E-state index contributed by atoms with van der Waals surface area (Å²) >= 11 is 2.57. The molecule has 1 amide bonds. The Bertz CT molecular complexity index is 1440. The molecule has 2 aromatic heterocycles. The number of para-hydroxylation sites is 2. The third-order valence-corrected chi connectivity index (χ3v) is 7.10. The summed E-state index contributed by atoms with van der Waals surface area (Å²) in [6.45, 7) is 2.05. The van der Waals surface area contributed by atoms with Crippen LogP contribution in [-0.2, 0) is 17.9 Å². The van der Waals surface area contributed by atoms with Gasteiger partial charge in [0.25, 0.3) is 5.56 Å². The molecule has 8 nitrogen and oxygen atoms in total. The SMILES string of the molecule is COc1ccccc1-n1c(=O)c2sc(SC)nc2n(CC(=O)NCc2ccc(C)cc2)c1=O. The van der Waals surface area contributed by atoms with Crippen molar-refractivity contribution in [3.63, 3.8) is 0 Å². The zero-order valence-electron chi connectivity index (χ0n) is 18.3. The van der Waals surface area contributed by atoms with Gasteiger partial charge in [0.15, 0.2) is 9.99 Å². The number of aryl methyl sites for hydroxylation is 1. The normalized spacial score (nSPS) is 11.0. The van der Waals surface area contributed by atoms with E-state index in [1.807, 2.05) is 37.4 Å². The average Bonchev–Trinajstić information content (AvgIpc) is 3.27. The van der Waals surface area contributed by atoms with Crippen LogP contribution in [0.3, 0.4) is 0 Å². The predicted octanol–water partition coefficient (Wildman–Crippen LogP) is 2.96. The molecule has 0 aliphatic carbocycles. The molecule has 0 bridgehead atoms. The molecule has 0 saturated carbocycles. The van der Waals surface area contributed by atoms with E-state index >= 15 is 0 Å². The molecule has 0 spiro atoms. The highest BCUT2D eigenvalue weighted by Crippen LogP contribution is 2.26. The number of nitrogens with zero attached hydrogens (tertiary/aromatic N) is 3. The van der Waals surface area contributed by atoms with Crippen molar-refractivity contribution in [3.8, 4) is 11.4 Å². The number of rotatable bonds is 7. The summed E-state index contributed by atoms with van der Waals surface area (Å²) in [5.41, 5.74) is 1.45. The summed E-state index contributed by atoms with van der Waals surface area (Å²) in [4.78, 5) is 43.9. The standard InChI is InChI=1S/C23H22N4O4S2/c1-14-8-10-15(11-9-14)12-24-18(28)13-26-20-19(33-22(25-20)32-3)21(29)27(23(26)30)16-6-4-5-7-17(16)31-2/h4-11H,12-13H2,1-3H3,(H,24,28). The van der Waals surface area contributed by atoms with Gasteiger partial charge in [0, 0.05) is 6.54 Å². The highest BCUT2D eigenvalue weighted by atomic mass is 32.2. The first kappa shape index (κ1) is 22.8. The van der Waals surface area contributed by atoms with Gasteiger partial charge < -0.3 is 10.1 Å². The molecule has 0 aliphatic rings. The van der Waals surface area contributed by atoms with Crippen LogP contribution in [-0.4, -0.2) is 33.4 Å². The largest absolute Gasteiger partial charge is 0.495 e. The van der Waals surface area contributed by atoms with E-state index in [9.17, 15) is 14.4 Å². The zero-order chi connectivity index (χ0) is 23.5. The van der Waals surface area contributed by atoms with Gasteiger partial charge in [0.05, 0.1) is 12.8 Å². The maximum Gasteiger partial charge on any atom is 0.337 e. The molecule has 0 saturated heterocycles. The smallest absolute Gasteiger partial charge is 0.337 e. The highest BCUT2D eigenvalue weighted by Gasteiger charge is 2.21. The van der Waals surface area contributed by atoms with Crippen molar-refractivity contribution in [2.75, 3.05) is 13.4 Å². The third kappa shape index (κ3) is 4.57. The fourth-order valence-corrected chi connectivity index (χ4v) is 4.87. The Balaban J connectivity index is 1.77. The van der Waals surface area contributed by atoms with Crippen LogP contribution >= 0.6 is 23.1 Å². The Morgan fingerprint density at radius 2 is 1.88 bits per heavy atom. The topological polar surface area (TPSA) is 95.2 Å². The molecule has 0 aliphatic heterocycles. The Labute approximate surface area is 197 Å². The van der Waals surface area contributed by atoms with Crippen LogP contribution in [0.2, 0.25) is 0 Å². The van der Waals surface area contributed by atoms with Crippen molar-refractivity contribution in [3.05, 3.63) is 80.5 Å². The molecule has 2 aromatic carbocycles. The number of fused-ring (bicyclic) bond motifs is 1. The molecular weight excluding hydrogens is 460 g/mol. The lowest BCUT2D eigenvalue weighted by atomic mass is 10.1. The van der Waals surface area contributed by atoms with E-state index in [4.69, 9.17) is 4.74 Å².